The summed E-state index contributed by atoms with van der Waals surface area (Å²) >= 11 is 6.06. The highest BCUT2D eigenvalue weighted by Gasteiger charge is 2.16. The number of anilines is 1. The van der Waals surface area contributed by atoms with Crippen molar-refractivity contribution in [1.82, 2.24) is 20.2 Å². The molecule has 0 aliphatic heterocycles. The Morgan fingerprint density at radius 1 is 1.09 bits per heavy atom. The summed E-state index contributed by atoms with van der Waals surface area (Å²) in [6.07, 6.45) is 3.96. The summed E-state index contributed by atoms with van der Waals surface area (Å²) in [5.41, 5.74) is -0.00455. The van der Waals surface area contributed by atoms with Crippen LogP contribution in [-0.2, 0) is 11.2 Å². The highest BCUT2D eigenvalue weighted by molar-refractivity contribution is 6.31. The lowest BCUT2D eigenvalue weighted by Crippen LogP contribution is -2.31. The second-order valence-electron chi connectivity index (χ2n) is 7.63. The zero-order valence-electron chi connectivity index (χ0n) is 18.6. The number of amides is 2. The van der Waals surface area contributed by atoms with Crippen LogP contribution in [-0.4, -0.2) is 58.0 Å². The highest BCUT2D eigenvalue weighted by atomic mass is 35.5. The standard InChI is InChI=1S/C22H32ClN5O4/c1-3-5-11-28(10-4-2)12-6-9-24-20(30)16-13-15(23)7-8-17(16)25-19(29)14-18-21(31)27-22(32)26-18/h7-8,13,31H,3-6,9-12,14H2,1-2H3,(H,24,30)(H,25,29)(H2,26,27,32). The van der Waals surface area contributed by atoms with Gasteiger partial charge in [-0.15, -0.1) is 0 Å². The van der Waals surface area contributed by atoms with Gasteiger partial charge in [-0.05, 0) is 57.1 Å². The smallest absolute Gasteiger partial charge is 0.325 e. The van der Waals surface area contributed by atoms with Gasteiger partial charge >= 0.3 is 5.69 Å². The number of aromatic hydroxyl groups is 1. The van der Waals surface area contributed by atoms with Gasteiger partial charge in [0.1, 0.15) is 0 Å². The highest BCUT2D eigenvalue weighted by Crippen LogP contribution is 2.21. The SMILES string of the molecule is CCCCN(CCC)CCCNC(=O)c1cc(Cl)ccc1NC(=O)Cc1[nH]c(=O)[nH]c1O. The van der Waals surface area contributed by atoms with Gasteiger partial charge in [-0.3, -0.25) is 14.6 Å². The lowest BCUT2D eigenvalue weighted by molar-refractivity contribution is -0.115. The molecule has 10 heteroatoms. The molecular weight excluding hydrogens is 434 g/mol. The minimum Gasteiger partial charge on any atom is -0.493 e. The molecule has 0 saturated heterocycles. The first-order valence-electron chi connectivity index (χ1n) is 10.9. The van der Waals surface area contributed by atoms with E-state index in [1.54, 1.807) is 12.1 Å². The second kappa shape index (κ2) is 12.9. The Kier molecular flexibility index (Phi) is 10.3. The molecule has 0 saturated carbocycles. The van der Waals surface area contributed by atoms with Gasteiger partial charge in [0.05, 0.1) is 23.4 Å². The summed E-state index contributed by atoms with van der Waals surface area (Å²) in [6, 6.07) is 4.61. The van der Waals surface area contributed by atoms with E-state index in [-0.39, 0.29) is 23.6 Å². The average Bonchev–Trinajstić information content (AvgIpc) is 3.06. The first-order valence-corrected chi connectivity index (χ1v) is 11.3. The van der Waals surface area contributed by atoms with Gasteiger partial charge in [-0.2, -0.15) is 0 Å². The van der Waals surface area contributed by atoms with Gasteiger partial charge < -0.3 is 25.6 Å². The van der Waals surface area contributed by atoms with Crippen molar-refractivity contribution in [2.45, 2.75) is 46.0 Å². The third-order valence-corrected chi connectivity index (χ3v) is 5.16. The number of H-pyrrole nitrogens is 2. The molecule has 0 unspecified atom stereocenters. The molecule has 0 aliphatic carbocycles. The van der Waals surface area contributed by atoms with Crippen LogP contribution in [0.3, 0.4) is 0 Å². The summed E-state index contributed by atoms with van der Waals surface area (Å²) in [6.45, 7) is 7.84. The molecule has 0 bridgehead atoms. The first kappa shape index (κ1) is 25.5. The van der Waals surface area contributed by atoms with Gasteiger partial charge in [0.15, 0.2) is 0 Å². The van der Waals surface area contributed by atoms with Gasteiger partial charge in [0, 0.05) is 11.6 Å². The fraction of sp³-hybridized carbons (Fsp3) is 0.500. The van der Waals surface area contributed by atoms with E-state index in [9.17, 15) is 19.5 Å². The Balaban J connectivity index is 1.94. The molecule has 1 aromatic heterocycles. The number of nitrogens with zero attached hydrogens (tertiary/aromatic N) is 1. The molecule has 0 radical (unpaired) electrons. The molecule has 0 fully saturated rings. The predicted octanol–water partition coefficient (Wildman–Crippen LogP) is 2.88. The van der Waals surface area contributed by atoms with Crippen LogP contribution in [0.15, 0.2) is 23.0 Å². The number of benzene rings is 1. The van der Waals surface area contributed by atoms with Crippen LogP contribution in [0.5, 0.6) is 5.88 Å². The number of hydrogen-bond donors (Lipinski definition) is 5. The van der Waals surface area contributed by atoms with Crippen LogP contribution >= 0.6 is 11.6 Å². The van der Waals surface area contributed by atoms with E-state index in [0.29, 0.717) is 17.3 Å². The van der Waals surface area contributed by atoms with Gasteiger partial charge in [0.25, 0.3) is 5.91 Å². The fourth-order valence-electron chi connectivity index (χ4n) is 3.34. The minimum atomic E-state index is -0.607. The topological polar surface area (TPSA) is 130 Å². The summed E-state index contributed by atoms with van der Waals surface area (Å²) in [5.74, 6) is -1.23. The number of carbonyl (C=O) groups excluding carboxylic acids is 2. The van der Waals surface area contributed by atoms with Gasteiger partial charge in [0.2, 0.25) is 11.8 Å². The van der Waals surface area contributed by atoms with Crippen molar-refractivity contribution in [2.24, 2.45) is 0 Å². The molecule has 2 amide bonds. The number of unbranched alkanes of at least 4 members (excludes halogenated alkanes) is 1. The number of carbonyl (C=O) groups is 2. The van der Waals surface area contributed by atoms with Crippen molar-refractivity contribution in [3.05, 3.63) is 45.0 Å². The van der Waals surface area contributed by atoms with E-state index in [1.165, 1.54) is 6.07 Å². The molecule has 0 atom stereocenters. The molecular formula is C22H32ClN5O4. The Labute approximate surface area is 192 Å². The van der Waals surface area contributed by atoms with Crippen LogP contribution < -0.4 is 16.3 Å². The number of imidazole rings is 1. The van der Waals surface area contributed by atoms with Crippen molar-refractivity contribution >= 4 is 29.1 Å². The Morgan fingerprint density at radius 3 is 2.50 bits per heavy atom. The zero-order chi connectivity index (χ0) is 23.5. The lowest BCUT2D eigenvalue weighted by Gasteiger charge is -2.21. The van der Waals surface area contributed by atoms with Crippen molar-refractivity contribution in [1.29, 1.82) is 0 Å². The van der Waals surface area contributed by atoms with Crippen LogP contribution in [0.25, 0.3) is 0 Å². The number of nitrogens with one attached hydrogen (secondary N) is 4. The third-order valence-electron chi connectivity index (χ3n) is 4.92. The zero-order valence-corrected chi connectivity index (χ0v) is 19.3. The van der Waals surface area contributed by atoms with Gasteiger partial charge in [-0.25, -0.2) is 4.79 Å². The van der Waals surface area contributed by atoms with E-state index in [0.717, 1.165) is 45.3 Å². The normalized spacial score (nSPS) is 11.0. The van der Waals surface area contributed by atoms with E-state index in [4.69, 9.17) is 11.6 Å². The van der Waals surface area contributed by atoms with Gasteiger partial charge in [-0.1, -0.05) is 31.9 Å². The molecule has 1 aromatic carbocycles. The minimum absolute atomic E-state index is 0.0622. The van der Waals surface area contributed by atoms with Crippen LogP contribution in [0.2, 0.25) is 5.02 Å². The van der Waals surface area contributed by atoms with Crippen molar-refractivity contribution in [2.75, 3.05) is 31.5 Å². The van der Waals surface area contributed by atoms with Crippen molar-refractivity contribution in [3.63, 3.8) is 0 Å². The Morgan fingerprint density at radius 2 is 1.84 bits per heavy atom. The number of rotatable bonds is 13. The summed E-state index contributed by atoms with van der Waals surface area (Å²) in [5, 5.41) is 15.5. The van der Waals surface area contributed by atoms with Crippen LogP contribution in [0.1, 0.15) is 55.6 Å². The molecule has 0 aliphatic rings. The molecule has 5 N–H and O–H groups in total. The maximum absolute atomic E-state index is 12.7. The summed E-state index contributed by atoms with van der Waals surface area (Å²) in [7, 11) is 0. The molecule has 2 aromatic rings. The number of hydrogen-bond acceptors (Lipinski definition) is 5. The second-order valence-corrected chi connectivity index (χ2v) is 8.06. The lowest BCUT2D eigenvalue weighted by atomic mass is 10.1. The number of aromatic nitrogens is 2. The molecule has 2 rings (SSSR count). The van der Waals surface area contributed by atoms with Crippen LogP contribution in [0, 0.1) is 0 Å². The van der Waals surface area contributed by atoms with E-state index < -0.39 is 17.5 Å². The largest absolute Gasteiger partial charge is 0.493 e. The fourth-order valence-corrected chi connectivity index (χ4v) is 3.51. The predicted molar refractivity (Wildman–Crippen MR) is 125 cm³/mol. The van der Waals surface area contributed by atoms with Crippen LogP contribution in [0.4, 0.5) is 5.69 Å². The Bertz CT molecular complexity index is 956. The van der Waals surface area contributed by atoms with E-state index in [2.05, 4.69) is 39.3 Å². The third kappa shape index (κ3) is 8.05. The molecule has 176 valence electrons. The summed E-state index contributed by atoms with van der Waals surface area (Å²) in [4.78, 5) is 43.2. The van der Waals surface area contributed by atoms with E-state index in [1.807, 2.05) is 0 Å². The number of halogens is 1. The monoisotopic (exact) mass is 465 g/mol. The molecule has 32 heavy (non-hydrogen) atoms. The number of aromatic amines is 2. The molecule has 0 spiro atoms. The first-order chi connectivity index (χ1) is 15.3. The summed E-state index contributed by atoms with van der Waals surface area (Å²) < 4.78 is 0. The maximum Gasteiger partial charge on any atom is 0.325 e. The van der Waals surface area contributed by atoms with E-state index >= 15 is 0 Å². The molecule has 9 nitrogen and oxygen atoms in total. The maximum atomic E-state index is 12.7. The average molecular weight is 466 g/mol. The van der Waals surface area contributed by atoms with Crippen molar-refractivity contribution < 1.29 is 14.7 Å². The van der Waals surface area contributed by atoms with Crippen molar-refractivity contribution in [3.8, 4) is 5.88 Å². The quantitative estimate of drug-likeness (QED) is 0.290. The molecule has 1 heterocycles. The Hall–Kier alpha value is -2.78.